The zero-order valence-corrected chi connectivity index (χ0v) is 14.3. The van der Waals surface area contributed by atoms with Crippen molar-refractivity contribution in [1.82, 2.24) is 10.3 Å². The summed E-state index contributed by atoms with van der Waals surface area (Å²) in [5.74, 6) is 0.991. The molecule has 0 unspecified atom stereocenters. The summed E-state index contributed by atoms with van der Waals surface area (Å²) in [6.07, 6.45) is 4.06. The van der Waals surface area contributed by atoms with E-state index >= 15 is 0 Å². The minimum absolute atomic E-state index is 0.165. The molecule has 2 aromatic rings. The Balaban J connectivity index is 1.41. The first-order chi connectivity index (χ1) is 12.2. The largest absolute Gasteiger partial charge is 0.389 e. The van der Waals surface area contributed by atoms with Crippen LogP contribution in [0.1, 0.15) is 47.7 Å². The molecule has 2 saturated carbocycles. The molecule has 0 saturated heterocycles. The van der Waals surface area contributed by atoms with Crippen LogP contribution in [-0.2, 0) is 4.74 Å². The lowest BCUT2D eigenvalue weighted by molar-refractivity contribution is 0.0321. The quantitative estimate of drug-likeness (QED) is 0.775. The standard InChI is InChI=1S/C20H24N2O3/c23-15(12-25-11-13-5-6-13)10-21-20(24)17-9-19(14-7-8-14)22-18-4-2-1-3-16(17)18/h1-4,9,13-15,23H,5-8,10-12H2,(H,21,24)/t15-/m0/s1. The fraction of sp³-hybridized carbons (Fsp3) is 0.500. The van der Waals surface area contributed by atoms with Crippen LogP contribution in [0.2, 0.25) is 0 Å². The van der Waals surface area contributed by atoms with Crippen LogP contribution in [0.25, 0.3) is 10.9 Å². The van der Waals surface area contributed by atoms with Crippen molar-refractivity contribution < 1.29 is 14.6 Å². The van der Waals surface area contributed by atoms with E-state index in [4.69, 9.17) is 4.74 Å². The summed E-state index contributed by atoms with van der Waals surface area (Å²) < 4.78 is 5.48. The number of para-hydroxylation sites is 1. The van der Waals surface area contributed by atoms with Crippen LogP contribution in [0.4, 0.5) is 0 Å². The molecule has 1 aromatic carbocycles. The molecule has 132 valence electrons. The van der Waals surface area contributed by atoms with Gasteiger partial charge in [0, 0.05) is 30.1 Å². The van der Waals surface area contributed by atoms with Gasteiger partial charge in [0.2, 0.25) is 0 Å². The normalized spacial score (nSPS) is 18.3. The highest BCUT2D eigenvalue weighted by atomic mass is 16.5. The number of aromatic nitrogens is 1. The Hall–Kier alpha value is -1.98. The molecule has 4 rings (SSSR count). The molecule has 0 spiro atoms. The van der Waals surface area contributed by atoms with E-state index in [9.17, 15) is 9.90 Å². The minimum atomic E-state index is -0.682. The summed E-state index contributed by atoms with van der Waals surface area (Å²) in [6.45, 7) is 1.17. The molecule has 2 fully saturated rings. The van der Waals surface area contributed by atoms with Crippen molar-refractivity contribution in [3.63, 3.8) is 0 Å². The van der Waals surface area contributed by atoms with Crippen LogP contribution in [0.3, 0.4) is 0 Å². The fourth-order valence-corrected chi connectivity index (χ4v) is 2.99. The van der Waals surface area contributed by atoms with E-state index < -0.39 is 6.10 Å². The topological polar surface area (TPSA) is 71.5 Å². The Morgan fingerprint density at radius 3 is 2.84 bits per heavy atom. The summed E-state index contributed by atoms with van der Waals surface area (Å²) in [7, 11) is 0. The number of nitrogens with one attached hydrogen (secondary N) is 1. The van der Waals surface area contributed by atoms with Crippen molar-refractivity contribution in [2.75, 3.05) is 19.8 Å². The number of carbonyl (C=O) groups excluding carboxylic acids is 1. The zero-order valence-electron chi connectivity index (χ0n) is 14.3. The molecule has 0 bridgehead atoms. The number of rotatable bonds is 8. The number of fused-ring (bicyclic) bond motifs is 1. The number of benzene rings is 1. The number of nitrogens with zero attached hydrogens (tertiary/aromatic N) is 1. The molecule has 0 aliphatic heterocycles. The lowest BCUT2D eigenvalue weighted by Gasteiger charge is -2.14. The number of hydrogen-bond acceptors (Lipinski definition) is 4. The number of hydrogen-bond donors (Lipinski definition) is 2. The number of aliphatic hydroxyl groups excluding tert-OH is 1. The van der Waals surface area contributed by atoms with Crippen LogP contribution in [0, 0.1) is 5.92 Å². The van der Waals surface area contributed by atoms with Gasteiger partial charge in [-0.1, -0.05) is 18.2 Å². The SMILES string of the molecule is O=C(NC[C@H](O)COCC1CC1)c1cc(C2CC2)nc2ccccc12. The third-order valence-corrected chi connectivity index (χ3v) is 4.84. The van der Waals surface area contributed by atoms with Gasteiger partial charge in [-0.3, -0.25) is 9.78 Å². The van der Waals surface area contributed by atoms with Crippen LogP contribution >= 0.6 is 0 Å². The number of pyridine rings is 1. The summed E-state index contributed by atoms with van der Waals surface area (Å²) in [4.78, 5) is 17.3. The number of carbonyl (C=O) groups is 1. The fourth-order valence-electron chi connectivity index (χ4n) is 2.99. The summed E-state index contributed by atoms with van der Waals surface area (Å²) in [5.41, 5.74) is 2.49. The van der Waals surface area contributed by atoms with Gasteiger partial charge in [0.25, 0.3) is 5.91 Å². The molecule has 5 heteroatoms. The van der Waals surface area contributed by atoms with Crippen LogP contribution < -0.4 is 5.32 Å². The van der Waals surface area contributed by atoms with Gasteiger partial charge in [-0.15, -0.1) is 0 Å². The molecule has 1 heterocycles. The van der Waals surface area contributed by atoms with Crippen LogP contribution in [0.15, 0.2) is 30.3 Å². The average molecular weight is 340 g/mol. The van der Waals surface area contributed by atoms with Gasteiger partial charge in [0.1, 0.15) is 0 Å². The predicted octanol–water partition coefficient (Wildman–Crippen LogP) is 2.63. The van der Waals surface area contributed by atoms with Crippen molar-refractivity contribution in [3.05, 3.63) is 41.6 Å². The molecule has 1 amide bonds. The molecule has 1 aromatic heterocycles. The van der Waals surface area contributed by atoms with E-state index in [1.807, 2.05) is 30.3 Å². The van der Waals surface area contributed by atoms with E-state index in [2.05, 4.69) is 10.3 Å². The Morgan fingerprint density at radius 2 is 2.08 bits per heavy atom. The molecule has 2 aliphatic carbocycles. The third kappa shape index (κ3) is 4.17. The van der Waals surface area contributed by atoms with Crippen molar-refractivity contribution in [2.24, 2.45) is 5.92 Å². The number of ether oxygens (including phenoxy) is 1. The van der Waals surface area contributed by atoms with Gasteiger partial charge in [-0.05, 0) is 43.7 Å². The van der Waals surface area contributed by atoms with Crippen LogP contribution in [-0.4, -0.2) is 41.9 Å². The van der Waals surface area contributed by atoms with Crippen molar-refractivity contribution >= 4 is 16.8 Å². The molecule has 5 nitrogen and oxygen atoms in total. The summed E-state index contributed by atoms with van der Waals surface area (Å²) in [6, 6.07) is 9.62. The highest BCUT2D eigenvalue weighted by molar-refractivity contribution is 6.06. The van der Waals surface area contributed by atoms with E-state index in [1.54, 1.807) is 0 Å². The van der Waals surface area contributed by atoms with Gasteiger partial charge >= 0.3 is 0 Å². The van der Waals surface area contributed by atoms with Crippen molar-refractivity contribution in [3.8, 4) is 0 Å². The highest BCUT2D eigenvalue weighted by Crippen LogP contribution is 2.40. The Morgan fingerprint density at radius 1 is 1.28 bits per heavy atom. The Labute approximate surface area is 147 Å². The van der Waals surface area contributed by atoms with Gasteiger partial charge in [-0.2, -0.15) is 0 Å². The van der Waals surface area contributed by atoms with Gasteiger partial charge < -0.3 is 15.2 Å². The first kappa shape index (κ1) is 16.5. The second-order valence-electron chi connectivity index (χ2n) is 7.23. The number of aliphatic hydroxyl groups is 1. The summed E-state index contributed by atoms with van der Waals surface area (Å²) in [5, 5.41) is 13.7. The lowest BCUT2D eigenvalue weighted by atomic mass is 10.1. The van der Waals surface area contributed by atoms with E-state index in [1.165, 1.54) is 12.8 Å². The third-order valence-electron chi connectivity index (χ3n) is 4.84. The summed E-state index contributed by atoms with van der Waals surface area (Å²) >= 11 is 0. The molecule has 25 heavy (non-hydrogen) atoms. The van der Waals surface area contributed by atoms with Crippen molar-refractivity contribution in [1.29, 1.82) is 0 Å². The Bertz CT molecular complexity index is 769. The van der Waals surface area contributed by atoms with Gasteiger partial charge in [0.15, 0.2) is 0 Å². The highest BCUT2D eigenvalue weighted by Gasteiger charge is 2.27. The average Bonchev–Trinajstić information content (AvgIpc) is 3.52. The van der Waals surface area contributed by atoms with Gasteiger partial charge in [0.05, 0.1) is 23.8 Å². The predicted molar refractivity (Wildman–Crippen MR) is 95.6 cm³/mol. The van der Waals surface area contributed by atoms with Crippen LogP contribution in [0.5, 0.6) is 0 Å². The molecule has 2 N–H and O–H groups in total. The zero-order chi connectivity index (χ0) is 17.2. The molecular weight excluding hydrogens is 316 g/mol. The second kappa shape index (κ2) is 7.10. The van der Waals surface area contributed by atoms with E-state index in [0.717, 1.165) is 29.4 Å². The maximum absolute atomic E-state index is 12.7. The first-order valence-electron chi connectivity index (χ1n) is 9.14. The lowest BCUT2D eigenvalue weighted by Crippen LogP contribution is -2.35. The smallest absolute Gasteiger partial charge is 0.252 e. The molecular formula is C20H24N2O3. The van der Waals surface area contributed by atoms with Gasteiger partial charge in [-0.25, -0.2) is 0 Å². The van der Waals surface area contributed by atoms with E-state index in [0.29, 0.717) is 24.0 Å². The van der Waals surface area contributed by atoms with E-state index in [-0.39, 0.29) is 19.1 Å². The first-order valence-corrected chi connectivity index (χ1v) is 9.14. The molecule has 2 aliphatic rings. The molecule has 0 radical (unpaired) electrons. The number of amides is 1. The minimum Gasteiger partial charge on any atom is -0.389 e. The van der Waals surface area contributed by atoms with Crippen molar-refractivity contribution in [2.45, 2.75) is 37.7 Å². The maximum atomic E-state index is 12.7. The monoisotopic (exact) mass is 340 g/mol. The Kier molecular flexibility index (Phi) is 4.68. The maximum Gasteiger partial charge on any atom is 0.252 e. The molecule has 1 atom stereocenters. The second-order valence-corrected chi connectivity index (χ2v) is 7.23.